The Morgan fingerprint density at radius 1 is 1.31 bits per heavy atom. The number of likely N-dealkylation sites (tertiary alicyclic amines) is 1. The Morgan fingerprint density at radius 3 is 2.27 bits per heavy atom. The smallest absolute Gasteiger partial charge is 0.408 e. The molecule has 12 heteroatoms. The van der Waals surface area contributed by atoms with Gasteiger partial charge in [-0.15, -0.1) is 0 Å². The maximum atomic E-state index is 12.8. The minimum absolute atomic E-state index is 0.0101. The molecule has 2 N–H and O–H groups in total. The minimum atomic E-state index is -4.08. The molecule has 11 nitrogen and oxygen atoms in total. The van der Waals surface area contributed by atoms with E-state index in [9.17, 15) is 33.2 Å². The largest absolute Gasteiger partial charge is 0.480 e. The number of non-ortho nitro benzene ring substituents is 1. The summed E-state index contributed by atoms with van der Waals surface area (Å²) in [6, 6.07) is 2.11. The van der Waals surface area contributed by atoms with Crippen molar-refractivity contribution in [2.45, 2.75) is 30.3 Å². The quantitative estimate of drug-likeness (QED) is 0.536. The molecule has 1 amide bonds. The van der Waals surface area contributed by atoms with E-state index in [0.717, 1.165) is 28.6 Å². The average Bonchev–Trinajstić information content (AvgIpc) is 3.00. The van der Waals surface area contributed by atoms with E-state index in [1.165, 1.54) is 0 Å². The molecule has 142 valence electrons. The minimum Gasteiger partial charge on any atom is -0.480 e. The van der Waals surface area contributed by atoms with E-state index in [4.69, 9.17) is 5.11 Å². The van der Waals surface area contributed by atoms with Gasteiger partial charge in [0.2, 0.25) is 10.0 Å². The topological polar surface area (TPSA) is 158 Å². The molecule has 1 saturated heterocycles. The second kappa shape index (κ2) is 7.25. The van der Waals surface area contributed by atoms with Crippen LogP contribution in [0.5, 0.6) is 0 Å². The zero-order valence-electron chi connectivity index (χ0n) is 13.7. The van der Waals surface area contributed by atoms with Crippen molar-refractivity contribution in [3.8, 4) is 0 Å². The van der Waals surface area contributed by atoms with Gasteiger partial charge >= 0.3 is 12.1 Å². The molecule has 1 aliphatic rings. The number of hydrogen-bond acceptors (Lipinski definition) is 6. The fraction of sp³-hybridized carbons (Fsp3) is 0.429. The van der Waals surface area contributed by atoms with Crippen LogP contribution in [0.15, 0.2) is 29.2 Å². The second-order valence-electron chi connectivity index (χ2n) is 5.64. The number of likely N-dealkylation sites (N-methyl/N-ethyl adjacent to an activating group) is 1. The Hall–Kier alpha value is -2.73. The lowest BCUT2D eigenvalue weighted by molar-refractivity contribution is -0.384. The van der Waals surface area contributed by atoms with Gasteiger partial charge in [-0.3, -0.25) is 15.0 Å². The highest BCUT2D eigenvalue weighted by atomic mass is 32.2. The molecule has 0 radical (unpaired) electrons. The Morgan fingerprint density at radius 2 is 1.88 bits per heavy atom. The summed E-state index contributed by atoms with van der Waals surface area (Å²) >= 11 is 0. The Balaban J connectivity index is 2.33. The average molecular weight is 387 g/mol. The van der Waals surface area contributed by atoms with Crippen LogP contribution in [0.3, 0.4) is 0 Å². The summed E-state index contributed by atoms with van der Waals surface area (Å²) in [5.74, 6) is -1.35. The monoisotopic (exact) mass is 387 g/mol. The third-order valence-electron chi connectivity index (χ3n) is 4.18. The number of benzene rings is 1. The SMILES string of the molecule is CCN([C@@H]1C[C@@H](C(=O)O)N(C(=O)O)C1)S(=O)(=O)c1ccc([N+](=O)[O-])cc1. The van der Waals surface area contributed by atoms with E-state index < -0.39 is 39.1 Å². The van der Waals surface area contributed by atoms with Crippen molar-refractivity contribution in [3.05, 3.63) is 34.4 Å². The van der Waals surface area contributed by atoms with Gasteiger partial charge in [0.15, 0.2) is 0 Å². The maximum Gasteiger partial charge on any atom is 0.408 e. The third kappa shape index (κ3) is 3.60. The highest BCUT2D eigenvalue weighted by Crippen LogP contribution is 2.28. The number of amides is 1. The fourth-order valence-corrected chi connectivity index (χ4v) is 4.60. The van der Waals surface area contributed by atoms with Crippen LogP contribution in [-0.4, -0.2) is 70.0 Å². The van der Waals surface area contributed by atoms with Crippen molar-refractivity contribution in [1.29, 1.82) is 0 Å². The van der Waals surface area contributed by atoms with Crippen molar-refractivity contribution in [3.63, 3.8) is 0 Å². The van der Waals surface area contributed by atoms with Crippen LogP contribution in [0.4, 0.5) is 10.5 Å². The third-order valence-corrected chi connectivity index (χ3v) is 6.22. The predicted molar refractivity (Wildman–Crippen MR) is 87.2 cm³/mol. The van der Waals surface area contributed by atoms with E-state index in [1.54, 1.807) is 6.92 Å². The highest BCUT2D eigenvalue weighted by molar-refractivity contribution is 7.89. The molecule has 0 aliphatic carbocycles. The summed E-state index contributed by atoms with van der Waals surface area (Å²) in [6.07, 6.45) is -1.62. The zero-order chi connectivity index (χ0) is 19.6. The molecule has 0 unspecified atom stereocenters. The fourth-order valence-electron chi connectivity index (χ4n) is 2.97. The van der Waals surface area contributed by atoms with Crippen LogP contribution < -0.4 is 0 Å². The number of hydrogen-bond donors (Lipinski definition) is 2. The van der Waals surface area contributed by atoms with Crippen molar-refractivity contribution in [2.75, 3.05) is 13.1 Å². The molecule has 1 fully saturated rings. The lowest BCUT2D eigenvalue weighted by Crippen LogP contribution is -2.42. The Bertz CT molecular complexity index is 801. The number of sulfonamides is 1. The molecule has 0 spiro atoms. The molecule has 1 aromatic rings. The number of nitro groups is 1. The normalized spacial score (nSPS) is 20.3. The van der Waals surface area contributed by atoms with Crippen LogP contribution in [0.25, 0.3) is 0 Å². The highest BCUT2D eigenvalue weighted by Gasteiger charge is 2.44. The molecule has 0 aromatic heterocycles. The summed E-state index contributed by atoms with van der Waals surface area (Å²) in [7, 11) is -4.08. The van der Waals surface area contributed by atoms with Gasteiger partial charge in [0.1, 0.15) is 6.04 Å². The summed E-state index contributed by atoms with van der Waals surface area (Å²) in [4.78, 5) is 33.0. The van der Waals surface area contributed by atoms with Crippen LogP contribution in [0, 0.1) is 10.1 Å². The number of nitrogens with zero attached hydrogens (tertiary/aromatic N) is 3. The lowest BCUT2D eigenvalue weighted by Gasteiger charge is -2.26. The van der Waals surface area contributed by atoms with Gasteiger partial charge in [0.05, 0.1) is 9.82 Å². The van der Waals surface area contributed by atoms with Gasteiger partial charge in [-0.2, -0.15) is 4.31 Å². The molecule has 0 bridgehead atoms. The van der Waals surface area contributed by atoms with E-state index in [0.29, 0.717) is 4.90 Å². The van der Waals surface area contributed by atoms with Gasteiger partial charge in [-0.25, -0.2) is 18.0 Å². The summed E-state index contributed by atoms with van der Waals surface area (Å²) in [6.45, 7) is 1.26. The van der Waals surface area contributed by atoms with Gasteiger partial charge in [0, 0.05) is 31.3 Å². The van der Waals surface area contributed by atoms with Crippen LogP contribution in [-0.2, 0) is 14.8 Å². The lowest BCUT2D eigenvalue weighted by atomic mass is 10.2. The van der Waals surface area contributed by atoms with Crippen molar-refractivity contribution in [2.24, 2.45) is 0 Å². The molecule has 1 aromatic carbocycles. The molecular weight excluding hydrogens is 370 g/mol. The van der Waals surface area contributed by atoms with Gasteiger partial charge in [0.25, 0.3) is 5.69 Å². The predicted octanol–water partition coefficient (Wildman–Crippen LogP) is 0.811. The number of carboxylic acid groups (broad SMARTS) is 2. The van der Waals surface area contributed by atoms with E-state index in [-0.39, 0.29) is 30.1 Å². The Kier molecular flexibility index (Phi) is 5.47. The molecule has 2 rings (SSSR count). The molecule has 1 heterocycles. The van der Waals surface area contributed by atoms with E-state index in [1.807, 2.05) is 0 Å². The number of nitro benzene ring substituents is 1. The summed E-state index contributed by atoms with van der Waals surface area (Å²) in [5.41, 5.74) is -0.268. The molecular formula is C14H17N3O8S. The van der Waals surface area contributed by atoms with Crippen molar-refractivity contribution >= 4 is 27.8 Å². The number of aliphatic carboxylic acids is 1. The Labute approximate surface area is 148 Å². The van der Waals surface area contributed by atoms with Crippen LogP contribution >= 0.6 is 0 Å². The van der Waals surface area contributed by atoms with Gasteiger partial charge in [-0.1, -0.05) is 6.92 Å². The second-order valence-corrected chi connectivity index (χ2v) is 7.53. The van der Waals surface area contributed by atoms with E-state index in [2.05, 4.69) is 0 Å². The van der Waals surface area contributed by atoms with Crippen LogP contribution in [0.2, 0.25) is 0 Å². The van der Waals surface area contributed by atoms with Gasteiger partial charge in [-0.05, 0) is 18.6 Å². The first-order valence-corrected chi connectivity index (χ1v) is 9.02. The van der Waals surface area contributed by atoms with Crippen LogP contribution in [0.1, 0.15) is 13.3 Å². The number of carboxylic acids is 1. The summed E-state index contributed by atoms with van der Waals surface area (Å²) < 4.78 is 26.7. The number of rotatable bonds is 6. The maximum absolute atomic E-state index is 12.8. The first-order chi connectivity index (χ1) is 12.1. The van der Waals surface area contributed by atoms with E-state index >= 15 is 0 Å². The standard InChI is InChI=1S/C14H17N3O8S/c1-2-16(10-7-12(13(18)19)15(8-10)14(20)21)26(24,25)11-5-3-9(4-6-11)17(22)23/h3-6,10,12H,2,7-8H2,1H3,(H,18,19)(H,20,21)/t10-,12+/m1/s1. The zero-order valence-corrected chi connectivity index (χ0v) is 14.5. The van der Waals surface area contributed by atoms with Crippen molar-refractivity contribution in [1.82, 2.24) is 9.21 Å². The molecule has 0 saturated carbocycles. The molecule has 26 heavy (non-hydrogen) atoms. The van der Waals surface area contributed by atoms with Gasteiger partial charge < -0.3 is 10.2 Å². The first kappa shape index (κ1) is 19.6. The van der Waals surface area contributed by atoms with Crippen molar-refractivity contribution < 1.29 is 33.1 Å². The number of carbonyl (C=O) groups is 2. The molecule has 2 atom stereocenters. The first-order valence-electron chi connectivity index (χ1n) is 7.58. The summed E-state index contributed by atoms with van der Waals surface area (Å²) in [5, 5.41) is 29.0. The molecule has 1 aliphatic heterocycles.